The molecule has 3 heterocycles. The number of rotatable bonds is 8. The highest BCUT2D eigenvalue weighted by Crippen LogP contribution is 2.49. The largest absolute Gasteiger partial charge is 0.508 e. The number of halogens is 2. The number of aromatic hydroxyl groups is 1. The van der Waals surface area contributed by atoms with Gasteiger partial charge in [0.2, 0.25) is 0 Å². The van der Waals surface area contributed by atoms with Crippen molar-refractivity contribution in [1.82, 2.24) is 20.1 Å². The SMILES string of the molecule is COCCNCCCN1C(=O)N2C(c3cccc(O)c3)c3[nH]c4cc(F)c(Cl)cc4c3CC2(C)C1=O. The number of aromatic nitrogens is 1. The van der Waals surface area contributed by atoms with Gasteiger partial charge in [0.05, 0.1) is 11.6 Å². The Morgan fingerprint density at radius 3 is 2.83 bits per heavy atom. The van der Waals surface area contributed by atoms with E-state index >= 15 is 0 Å². The van der Waals surface area contributed by atoms with Crippen molar-refractivity contribution in [2.24, 2.45) is 0 Å². The van der Waals surface area contributed by atoms with Crippen molar-refractivity contribution in [3.8, 4) is 5.75 Å². The Balaban J connectivity index is 1.56. The molecule has 1 saturated heterocycles. The summed E-state index contributed by atoms with van der Waals surface area (Å²) in [6.07, 6.45) is 0.859. The van der Waals surface area contributed by atoms with Crippen LogP contribution in [0.3, 0.4) is 0 Å². The highest BCUT2D eigenvalue weighted by molar-refractivity contribution is 6.31. The second-order valence-electron chi connectivity index (χ2n) is 9.48. The van der Waals surface area contributed by atoms with Gasteiger partial charge in [-0.1, -0.05) is 23.7 Å². The first-order valence-corrected chi connectivity index (χ1v) is 12.3. The van der Waals surface area contributed by atoms with E-state index in [1.54, 1.807) is 49.3 Å². The van der Waals surface area contributed by atoms with Crippen LogP contribution < -0.4 is 5.32 Å². The smallest absolute Gasteiger partial charge is 0.328 e. The van der Waals surface area contributed by atoms with Gasteiger partial charge in [0.1, 0.15) is 23.1 Å². The first kappa shape index (κ1) is 24.5. The van der Waals surface area contributed by atoms with Crippen molar-refractivity contribution < 1.29 is 23.8 Å². The van der Waals surface area contributed by atoms with E-state index in [1.165, 1.54) is 11.0 Å². The summed E-state index contributed by atoms with van der Waals surface area (Å²) in [6, 6.07) is 8.45. The van der Waals surface area contributed by atoms with E-state index in [0.717, 1.165) is 5.56 Å². The van der Waals surface area contributed by atoms with Gasteiger partial charge in [0.25, 0.3) is 5.91 Å². The van der Waals surface area contributed by atoms with Gasteiger partial charge in [-0.15, -0.1) is 0 Å². The molecule has 0 bridgehead atoms. The second kappa shape index (κ2) is 9.38. The van der Waals surface area contributed by atoms with E-state index in [-0.39, 0.29) is 35.7 Å². The molecule has 1 aromatic heterocycles. The van der Waals surface area contributed by atoms with Crippen LogP contribution in [-0.4, -0.2) is 70.7 Å². The molecule has 36 heavy (non-hydrogen) atoms. The van der Waals surface area contributed by atoms with Crippen LogP contribution >= 0.6 is 11.6 Å². The summed E-state index contributed by atoms with van der Waals surface area (Å²) >= 11 is 6.11. The summed E-state index contributed by atoms with van der Waals surface area (Å²) in [5, 5.41) is 14.1. The van der Waals surface area contributed by atoms with Crippen LogP contribution in [0.15, 0.2) is 36.4 Å². The number of carbonyl (C=O) groups excluding carboxylic acids is 2. The molecule has 2 aliphatic heterocycles. The van der Waals surface area contributed by atoms with Gasteiger partial charge in [-0.25, -0.2) is 9.18 Å². The minimum atomic E-state index is -1.15. The third-order valence-corrected chi connectivity index (χ3v) is 7.40. The van der Waals surface area contributed by atoms with Gasteiger partial charge in [0, 0.05) is 43.2 Å². The van der Waals surface area contributed by atoms with Crippen LogP contribution in [0, 0.1) is 5.82 Å². The molecule has 8 nitrogen and oxygen atoms in total. The second-order valence-corrected chi connectivity index (χ2v) is 9.89. The molecule has 3 aromatic rings. The van der Waals surface area contributed by atoms with Crippen molar-refractivity contribution >= 4 is 34.4 Å². The number of aromatic amines is 1. The molecule has 2 aromatic carbocycles. The van der Waals surface area contributed by atoms with Crippen LogP contribution in [0.4, 0.5) is 9.18 Å². The Bertz CT molecular complexity index is 1340. The van der Waals surface area contributed by atoms with Gasteiger partial charge < -0.3 is 20.1 Å². The van der Waals surface area contributed by atoms with E-state index in [4.69, 9.17) is 16.3 Å². The maximum Gasteiger partial charge on any atom is 0.328 e. The highest BCUT2D eigenvalue weighted by atomic mass is 35.5. The molecule has 2 unspecified atom stereocenters. The minimum Gasteiger partial charge on any atom is -0.508 e. The molecule has 3 amide bonds. The first-order chi connectivity index (χ1) is 17.3. The van der Waals surface area contributed by atoms with E-state index < -0.39 is 17.4 Å². The molecular formula is C26H28ClFN4O4. The van der Waals surface area contributed by atoms with Crippen LogP contribution in [-0.2, 0) is 16.0 Å². The predicted octanol–water partition coefficient (Wildman–Crippen LogP) is 3.96. The molecule has 0 saturated carbocycles. The van der Waals surface area contributed by atoms with E-state index in [2.05, 4.69) is 10.3 Å². The van der Waals surface area contributed by atoms with Crippen molar-refractivity contribution in [2.45, 2.75) is 31.3 Å². The zero-order valence-electron chi connectivity index (χ0n) is 20.1. The predicted molar refractivity (Wildman–Crippen MR) is 134 cm³/mol. The number of methoxy groups -OCH3 is 1. The van der Waals surface area contributed by atoms with E-state index in [0.29, 0.717) is 48.3 Å². The quantitative estimate of drug-likeness (QED) is 0.312. The lowest BCUT2D eigenvalue weighted by atomic mass is 9.81. The van der Waals surface area contributed by atoms with Crippen molar-refractivity contribution in [1.29, 1.82) is 0 Å². The Morgan fingerprint density at radius 2 is 2.08 bits per heavy atom. The topological polar surface area (TPSA) is 97.9 Å². The number of hydrogen-bond acceptors (Lipinski definition) is 5. The van der Waals surface area contributed by atoms with Crippen LogP contribution in [0.5, 0.6) is 5.75 Å². The van der Waals surface area contributed by atoms with E-state index in [1.807, 2.05) is 0 Å². The lowest BCUT2D eigenvalue weighted by Gasteiger charge is -2.42. The molecular weight excluding hydrogens is 487 g/mol. The molecule has 5 rings (SSSR count). The fourth-order valence-electron chi connectivity index (χ4n) is 5.41. The average molecular weight is 515 g/mol. The summed E-state index contributed by atoms with van der Waals surface area (Å²) in [5.74, 6) is -0.785. The molecule has 0 aliphatic carbocycles. The van der Waals surface area contributed by atoms with Crippen LogP contribution in [0.2, 0.25) is 5.02 Å². The zero-order chi connectivity index (χ0) is 25.6. The Hall–Kier alpha value is -3.14. The maximum absolute atomic E-state index is 14.3. The van der Waals surface area contributed by atoms with E-state index in [9.17, 15) is 19.1 Å². The molecule has 10 heteroatoms. The summed E-state index contributed by atoms with van der Waals surface area (Å²) in [5.41, 5.74) is 1.52. The maximum atomic E-state index is 14.3. The Labute approximate surface area is 213 Å². The Morgan fingerprint density at radius 1 is 1.28 bits per heavy atom. The normalized spacial score (nSPS) is 21.4. The molecule has 0 radical (unpaired) electrons. The summed E-state index contributed by atoms with van der Waals surface area (Å²) in [7, 11) is 1.63. The number of imide groups is 1. The molecule has 190 valence electrons. The number of urea groups is 1. The zero-order valence-corrected chi connectivity index (χ0v) is 20.9. The number of phenolic OH excluding ortho intramolecular Hbond substituents is 1. The first-order valence-electron chi connectivity index (χ1n) is 11.9. The number of nitrogens with one attached hydrogen (secondary N) is 2. The molecule has 2 atom stereocenters. The summed E-state index contributed by atoms with van der Waals surface area (Å²) in [6.45, 7) is 3.96. The number of H-pyrrole nitrogens is 1. The van der Waals surface area contributed by atoms with Gasteiger partial charge >= 0.3 is 6.03 Å². The van der Waals surface area contributed by atoms with Crippen molar-refractivity contribution in [3.63, 3.8) is 0 Å². The third-order valence-electron chi connectivity index (χ3n) is 7.11. The summed E-state index contributed by atoms with van der Waals surface area (Å²) < 4.78 is 19.3. The number of nitrogens with zero attached hydrogens (tertiary/aromatic N) is 2. The molecule has 0 spiro atoms. The van der Waals surface area contributed by atoms with Crippen LogP contribution in [0.25, 0.3) is 10.9 Å². The lowest BCUT2D eigenvalue weighted by molar-refractivity contribution is -0.133. The van der Waals surface area contributed by atoms with Gasteiger partial charge in [0.15, 0.2) is 0 Å². The average Bonchev–Trinajstić information content (AvgIpc) is 3.26. The van der Waals surface area contributed by atoms with Gasteiger partial charge in [-0.05, 0) is 55.3 Å². The summed E-state index contributed by atoms with van der Waals surface area (Å²) in [4.78, 5) is 33.7. The molecule has 2 aliphatic rings. The van der Waals surface area contributed by atoms with Crippen molar-refractivity contribution in [3.05, 3.63) is 64.1 Å². The fraction of sp³-hybridized carbons (Fsp3) is 0.385. The lowest BCUT2D eigenvalue weighted by Crippen LogP contribution is -2.53. The van der Waals surface area contributed by atoms with Crippen LogP contribution in [0.1, 0.15) is 36.2 Å². The Kier molecular flexibility index (Phi) is 6.40. The third kappa shape index (κ3) is 3.91. The molecule has 1 fully saturated rings. The number of ether oxygens (including phenoxy) is 1. The number of amides is 3. The number of fused-ring (bicyclic) bond motifs is 4. The number of hydrogen-bond donors (Lipinski definition) is 3. The van der Waals surface area contributed by atoms with Crippen molar-refractivity contribution in [2.75, 3.05) is 33.4 Å². The minimum absolute atomic E-state index is 0.0118. The standard InChI is InChI=1S/C26H28ClFN4O4/c1-26-14-18-17-12-19(27)20(28)13-21(17)30-22(18)23(15-5-3-6-16(33)11-15)32(26)25(35)31(24(26)34)9-4-7-29-8-10-36-2/h3,5-6,11-13,23,29-30,33H,4,7-10,14H2,1-2H3. The molecule has 3 N–H and O–H groups in total. The monoisotopic (exact) mass is 514 g/mol. The fourth-order valence-corrected chi connectivity index (χ4v) is 5.57. The number of benzene rings is 2. The number of phenols is 1. The van der Waals surface area contributed by atoms with Gasteiger partial charge in [-0.2, -0.15) is 0 Å². The van der Waals surface area contributed by atoms with Gasteiger partial charge in [-0.3, -0.25) is 14.6 Å². The number of carbonyl (C=O) groups is 2. The highest BCUT2D eigenvalue weighted by Gasteiger charge is 2.60.